The van der Waals surface area contributed by atoms with Crippen LogP contribution in [0.2, 0.25) is 0 Å². The van der Waals surface area contributed by atoms with Crippen molar-refractivity contribution in [2.45, 2.75) is 32.7 Å². The van der Waals surface area contributed by atoms with Crippen LogP contribution in [0.1, 0.15) is 36.9 Å². The number of aromatic hydroxyl groups is 1. The van der Waals surface area contributed by atoms with Crippen molar-refractivity contribution in [2.75, 3.05) is 26.2 Å². The Balaban J connectivity index is 2.24. The molecule has 0 unspecified atom stereocenters. The molecule has 1 aromatic rings. The molecule has 100 valence electrons. The van der Waals surface area contributed by atoms with Gasteiger partial charge in [-0.15, -0.1) is 0 Å². The van der Waals surface area contributed by atoms with E-state index in [2.05, 4.69) is 30.1 Å². The lowest BCUT2D eigenvalue weighted by Crippen LogP contribution is -2.45. The van der Waals surface area contributed by atoms with Gasteiger partial charge < -0.3 is 10.4 Å². The highest BCUT2D eigenvalue weighted by molar-refractivity contribution is 5.38. The molecule has 0 spiro atoms. The first-order valence-corrected chi connectivity index (χ1v) is 6.96. The van der Waals surface area contributed by atoms with Crippen LogP contribution in [-0.4, -0.2) is 36.2 Å². The third-order valence-electron chi connectivity index (χ3n) is 3.70. The van der Waals surface area contributed by atoms with Crippen LogP contribution in [0.15, 0.2) is 18.2 Å². The van der Waals surface area contributed by atoms with E-state index in [1.165, 1.54) is 5.56 Å². The second kappa shape index (κ2) is 6.21. The molecular weight excluding hydrogens is 224 g/mol. The third-order valence-corrected chi connectivity index (χ3v) is 3.70. The van der Waals surface area contributed by atoms with Crippen LogP contribution in [0.3, 0.4) is 0 Å². The number of aryl methyl sites for hydroxylation is 1. The number of hydrogen-bond donors (Lipinski definition) is 2. The summed E-state index contributed by atoms with van der Waals surface area (Å²) in [6.07, 6.45) is 2.25. The van der Waals surface area contributed by atoms with Crippen molar-refractivity contribution in [2.24, 2.45) is 0 Å². The summed E-state index contributed by atoms with van der Waals surface area (Å²) >= 11 is 0. The summed E-state index contributed by atoms with van der Waals surface area (Å²) in [7, 11) is 0. The van der Waals surface area contributed by atoms with Crippen molar-refractivity contribution < 1.29 is 5.11 Å². The van der Waals surface area contributed by atoms with E-state index < -0.39 is 0 Å². The predicted octanol–water partition coefficient (Wildman–Crippen LogP) is 2.45. The fourth-order valence-corrected chi connectivity index (χ4v) is 2.74. The molecule has 1 aliphatic rings. The highest BCUT2D eigenvalue weighted by Gasteiger charge is 2.23. The normalized spacial score (nSPS) is 18.8. The maximum absolute atomic E-state index is 10.1. The molecule has 0 saturated carbocycles. The van der Waals surface area contributed by atoms with E-state index in [0.29, 0.717) is 11.8 Å². The Labute approximate surface area is 110 Å². The van der Waals surface area contributed by atoms with Gasteiger partial charge in [-0.05, 0) is 19.4 Å². The molecule has 1 heterocycles. The summed E-state index contributed by atoms with van der Waals surface area (Å²) in [6, 6.07) is 6.30. The van der Waals surface area contributed by atoms with Gasteiger partial charge in [-0.3, -0.25) is 4.90 Å². The van der Waals surface area contributed by atoms with Crippen molar-refractivity contribution in [1.29, 1.82) is 0 Å². The molecule has 1 fully saturated rings. The minimum atomic E-state index is 0.358. The highest BCUT2D eigenvalue weighted by Crippen LogP contribution is 2.32. The molecule has 1 aromatic carbocycles. The molecule has 1 aliphatic heterocycles. The number of nitrogens with zero attached hydrogens (tertiary/aromatic N) is 1. The van der Waals surface area contributed by atoms with E-state index in [1.807, 2.05) is 12.1 Å². The topological polar surface area (TPSA) is 35.5 Å². The quantitative estimate of drug-likeness (QED) is 0.859. The molecule has 1 saturated heterocycles. The second-order valence-electron chi connectivity index (χ2n) is 5.15. The molecule has 0 amide bonds. The van der Waals surface area contributed by atoms with Gasteiger partial charge in [0.25, 0.3) is 0 Å². The molecule has 2 rings (SSSR count). The number of nitrogens with one attached hydrogen (secondary N) is 1. The zero-order valence-corrected chi connectivity index (χ0v) is 11.4. The lowest BCUT2D eigenvalue weighted by Gasteiger charge is -2.35. The van der Waals surface area contributed by atoms with Crippen molar-refractivity contribution in [1.82, 2.24) is 10.2 Å². The number of phenols is 1. The summed E-state index contributed by atoms with van der Waals surface area (Å²) < 4.78 is 0. The predicted molar refractivity (Wildman–Crippen MR) is 74.9 cm³/mol. The number of phenolic OH excluding ortho intramolecular Hbond substituents is 1. The van der Waals surface area contributed by atoms with Crippen molar-refractivity contribution in [3.05, 3.63) is 29.3 Å². The van der Waals surface area contributed by atoms with E-state index in [0.717, 1.165) is 44.6 Å². The molecule has 3 heteroatoms. The van der Waals surface area contributed by atoms with Gasteiger partial charge in [-0.25, -0.2) is 0 Å². The van der Waals surface area contributed by atoms with Crippen molar-refractivity contribution >= 4 is 0 Å². The largest absolute Gasteiger partial charge is 0.508 e. The van der Waals surface area contributed by atoms with Crippen molar-refractivity contribution in [3.8, 4) is 5.75 Å². The molecule has 0 aromatic heterocycles. The van der Waals surface area contributed by atoms with E-state index in [1.54, 1.807) is 0 Å². The van der Waals surface area contributed by atoms with Gasteiger partial charge in [0.1, 0.15) is 5.75 Å². The Morgan fingerprint density at radius 1 is 1.33 bits per heavy atom. The fourth-order valence-electron chi connectivity index (χ4n) is 2.74. The van der Waals surface area contributed by atoms with Gasteiger partial charge in [0, 0.05) is 37.8 Å². The van der Waals surface area contributed by atoms with Crippen LogP contribution in [0, 0.1) is 6.92 Å². The van der Waals surface area contributed by atoms with Crippen LogP contribution < -0.4 is 5.32 Å². The zero-order chi connectivity index (χ0) is 13.0. The van der Waals surface area contributed by atoms with Gasteiger partial charge in [-0.1, -0.05) is 31.0 Å². The number of hydrogen-bond acceptors (Lipinski definition) is 3. The van der Waals surface area contributed by atoms with E-state index in [4.69, 9.17) is 0 Å². The smallest absolute Gasteiger partial charge is 0.120 e. The van der Waals surface area contributed by atoms with E-state index in [9.17, 15) is 5.11 Å². The SMILES string of the molecule is CCC[C@H](c1cc(C)ccc1O)N1CCNCC1. The number of piperazine rings is 1. The summed E-state index contributed by atoms with van der Waals surface area (Å²) in [5.41, 5.74) is 2.32. The van der Waals surface area contributed by atoms with E-state index in [-0.39, 0.29) is 0 Å². The van der Waals surface area contributed by atoms with Gasteiger partial charge in [0.15, 0.2) is 0 Å². The second-order valence-corrected chi connectivity index (χ2v) is 5.15. The molecule has 3 nitrogen and oxygen atoms in total. The Kier molecular flexibility index (Phi) is 4.61. The van der Waals surface area contributed by atoms with Gasteiger partial charge in [0.2, 0.25) is 0 Å². The summed E-state index contributed by atoms with van der Waals surface area (Å²) in [5.74, 6) is 0.442. The Hall–Kier alpha value is -1.06. The molecule has 0 aliphatic carbocycles. The maximum atomic E-state index is 10.1. The first kappa shape index (κ1) is 13.4. The van der Waals surface area contributed by atoms with E-state index >= 15 is 0 Å². The lowest BCUT2D eigenvalue weighted by atomic mass is 9.97. The standard InChI is InChI=1S/C15H24N2O/c1-3-4-14(17-9-7-16-8-10-17)13-11-12(2)5-6-15(13)18/h5-6,11,14,16,18H,3-4,7-10H2,1-2H3/t14-/m1/s1. The summed E-state index contributed by atoms with van der Waals surface area (Å²) in [4.78, 5) is 2.49. The van der Waals surface area contributed by atoms with Gasteiger partial charge >= 0.3 is 0 Å². The highest BCUT2D eigenvalue weighted by atomic mass is 16.3. The van der Waals surface area contributed by atoms with Gasteiger partial charge in [-0.2, -0.15) is 0 Å². The van der Waals surface area contributed by atoms with Gasteiger partial charge in [0.05, 0.1) is 0 Å². The van der Waals surface area contributed by atoms with Crippen molar-refractivity contribution in [3.63, 3.8) is 0 Å². The van der Waals surface area contributed by atoms with Crippen LogP contribution in [-0.2, 0) is 0 Å². The minimum Gasteiger partial charge on any atom is -0.508 e. The number of benzene rings is 1. The third kappa shape index (κ3) is 3.03. The maximum Gasteiger partial charge on any atom is 0.120 e. The summed E-state index contributed by atoms with van der Waals surface area (Å²) in [6.45, 7) is 8.53. The average molecular weight is 248 g/mol. The molecular formula is C15H24N2O. The van der Waals surface area contributed by atoms with Crippen LogP contribution in [0.5, 0.6) is 5.75 Å². The Morgan fingerprint density at radius 3 is 2.72 bits per heavy atom. The molecule has 2 N–H and O–H groups in total. The lowest BCUT2D eigenvalue weighted by molar-refractivity contribution is 0.162. The first-order chi connectivity index (χ1) is 8.72. The molecule has 0 bridgehead atoms. The first-order valence-electron chi connectivity index (χ1n) is 6.96. The summed E-state index contributed by atoms with van der Waals surface area (Å²) in [5, 5.41) is 13.5. The Bertz CT molecular complexity index is 386. The van der Waals surface area contributed by atoms with Crippen LogP contribution in [0.4, 0.5) is 0 Å². The zero-order valence-electron chi connectivity index (χ0n) is 11.4. The van der Waals surface area contributed by atoms with Crippen LogP contribution >= 0.6 is 0 Å². The minimum absolute atomic E-state index is 0.358. The molecule has 0 radical (unpaired) electrons. The average Bonchev–Trinajstić information content (AvgIpc) is 2.40. The Morgan fingerprint density at radius 2 is 2.06 bits per heavy atom. The number of rotatable bonds is 4. The molecule has 1 atom stereocenters. The van der Waals surface area contributed by atoms with Crippen LogP contribution in [0.25, 0.3) is 0 Å². The molecule has 18 heavy (non-hydrogen) atoms. The fraction of sp³-hybridized carbons (Fsp3) is 0.600. The monoisotopic (exact) mass is 248 g/mol.